The fraction of sp³-hybridized carbons (Fsp3) is 1.00. The molecular weight excluding hydrogens is 221 g/mol. The summed E-state index contributed by atoms with van der Waals surface area (Å²) in [6.07, 6.45) is 0. The molecule has 0 aliphatic carbocycles. The first-order valence-corrected chi connectivity index (χ1v) is 0. The fourth-order valence-electron chi connectivity index (χ4n) is 0. The minimum atomic E-state index is 0. The molecule has 0 aliphatic heterocycles. The Morgan fingerprint density at radius 3 is 1.00 bits per heavy atom. The topological polar surface area (TPSA) is 0 Å². The molecule has 46 valence electrons. The second kappa shape index (κ2) is 66.3. The van der Waals surface area contributed by atoms with E-state index in [2.05, 4.69) is 0 Å². The number of hydrogen-bond donors (Lipinski definition) is 0. The average molecular weight is 232 g/mol. The molecule has 0 atom stereocenters. The van der Waals surface area contributed by atoms with Crippen LogP contribution >= 0.6 is 0 Å². The van der Waals surface area contributed by atoms with E-state index in [1.165, 1.54) is 0 Å². The normalized spacial score (nSPS) is 0. The first-order valence-electron chi connectivity index (χ1n) is 0. The van der Waals surface area contributed by atoms with Gasteiger partial charge in [-0.05, 0) is 11.0 Å². The molecule has 2 radical (unpaired) electrons. The second-order valence-corrected chi connectivity index (χ2v) is 0. The van der Waals surface area contributed by atoms with Gasteiger partial charge in [0.2, 0.25) is 0 Å². The van der Waals surface area contributed by atoms with Gasteiger partial charge in [-0.1, -0.05) is 7.43 Å². The summed E-state index contributed by atoms with van der Waals surface area (Å²) in [6.45, 7) is 0. The van der Waals surface area contributed by atoms with Crippen LogP contribution in [0.1, 0.15) is 7.43 Å². The number of rotatable bonds is 0. The molecule has 0 heterocycles. The Hall–Kier alpha value is 1.91. The van der Waals surface area contributed by atoms with Gasteiger partial charge >= 0.3 is 0 Å². The van der Waals surface area contributed by atoms with Crippen molar-refractivity contribution < 1.29 is 52.7 Å². The van der Waals surface area contributed by atoms with E-state index in [0.717, 1.165) is 0 Å². The predicted molar refractivity (Wildman–Crippen MR) is 28.0 cm³/mol. The van der Waals surface area contributed by atoms with Crippen molar-refractivity contribution >= 4 is 19.4 Å². The van der Waals surface area contributed by atoms with Gasteiger partial charge in [-0.2, -0.15) is 0 Å². The van der Waals surface area contributed by atoms with Crippen LogP contribution in [0.25, 0.3) is 0 Å². The summed E-state index contributed by atoms with van der Waals surface area (Å²) in [6, 6.07) is 0. The van der Waals surface area contributed by atoms with E-state index >= 15 is 0 Å². The summed E-state index contributed by atoms with van der Waals surface area (Å²) >= 11 is 0. The van der Waals surface area contributed by atoms with E-state index < -0.39 is 0 Å². The van der Waals surface area contributed by atoms with Crippen molar-refractivity contribution in [1.82, 2.24) is 0 Å². The van der Waals surface area contributed by atoms with Gasteiger partial charge in [-0.25, -0.2) is 0 Å². The maximum Gasteiger partial charge on any atom is 0.0814 e. The first kappa shape index (κ1) is 104. The largest absolute Gasteiger partial charge is 0.0814 e. The maximum absolute atomic E-state index is 0. The summed E-state index contributed by atoms with van der Waals surface area (Å²) in [7, 11) is 0. The van der Waals surface area contributed by atoms with E-state index in [0.29, 0.717) is 0 Å². The predicted octanol–water partition coefficient (Wildman–Crippen LogP) is -2.01. The van der Waals surface area contributed by atoms with Crippen LogP contribution in [0, 0.1) is 0 Å². The SMILES string of the molecule is B.C.[Cu].[Fe].[SiH4].[V]. The van der Waals surface area contributed by atoms with Crippen LogP contribution in [0.4, 0.5) is 0 Å². The van der Waals surface area contributed by atoms with Crippen LogP contribution in [0.2, 0.25) is 0 Å². The van der Waals surface area contributed by atoms with Gasteiger partial charge in [-0.15, -0.1) is 0 Å². The van der Waals surface area contributed by atoms with Gasteiger partial charge in [0, 0.05) is 52.7 Å². The average Bonchev–Trinajstić information content (AvgIpc) is 0. The zero-order chi connectivity index (χ0) is 0. The van der Waals surface area contributed by atoms with Crippen LogP contribution < -0.4 is 0 Å². The second-order valence-electron chi connectivity index (χ2n) is 0. The maximum atomic E-state index is 0. The molecule has 0 bridgehead atoms. The molecule has 0 fully saturated rings. The monoisotopic (exact) mass is 232 g/mol. The van der Waals surface area contributed by atoms with Gasteiger partial charge in [0.15, 0.2) is 0 Å². The first-order chi connectivity index (χ1) is 0. The summed E-state index contributed by atoms with van der Waals surface area (Å²) in [5.41, 5.74) is 0. The van der Waals surface area contributed by atoms with Gasteiger partial charge in [-0.3, -0.25) is 0 Å². The minimum absolute atomic E-state index is 0. The fourth-order valence-corrected chi connectivity index (χ4v) is 0. The summed E-state index contributed by atoms with van der Waals surface area (Å²) in [4.78, 5) is 0. The molecule has 0 aromatic carbocycles. The third kappa shape index (κ3) is 39.1. The minimum Gasteiger partial charge on any atom is -0.0776 e. The van der Waals surface area contributed by atoms with Crippen LogP contribution in [0.3, 0.4) is 0 Å². The van der Waals surface area contributed by atoms with Crippen molar-refractivity contribution in [3.63, 3.8) is 0 Å². The standard InChI is InChI=1S/CH4.BH3.Cu.Fe.H4Si.V/h1H4;1H3;;;1H4;. The molecule has 0 aliphatic rings. The Bertz CT molecular complexity index is 15.5. The zero-order valence-corrected chi connectivity index (χ0v) is 4.54. The van der Waals surface area contributed by atoms with Gasteiger partial charge in [0.05, 0.1) is 8.41 Å². The van der Waals surface area contributed by atoms with Crippen LogP contribution in [-0.4, -0.2) is 19.4 Å². The quantitative estimate of drug-likeness (QED) is 0.424. The smallest absolute Gasteiger partial charge is 0.0776 e. The van der Waals surface area contributed by atoms with Crippen LogP contribution in [-0.2, 0) is 52.7 Å². The Morgan fingerprint density at radius 2 is 1.00 bits per heavy atom. The molecule has 0 amide bonds. The summed E-state index contributed by atoms with van der Waals surface area (Å²) < 4.78 is 0. The third-order valence-electron chi connectivity index (χ3n) is 0. The van der Waals surface area contributed by atoms with E-state index in [-0.39, 0.29) is 79.5 Å². The van der Waals surface area contributed by atoms with Gasteiger partial charge < -0.3 is 0 Å². The molecule has 0 saturated heterocycles. The van der Waals surface area contributed by atoms with Crippen molar-refractivity contribution in [2.24, 2.45) is 0 Å². The molecule has 0 spiro atoms. The zero-order valence-electron chi connectivity index (χ0n) is 1.10. The molecule has 0 aromatic rings. The van der Waals surface area contributed by atoms with Crippen molar-refractivity contribution in [2.75, 3.05) is 0 Å². The Labute approximate surface area is 79.0 Å². The molecule has 0 nitrogen and oxygen atoms in total. The van der Waals surface area contributed by atoms with Crippen molar-refractivity contribution in [3.8, 4) is 0 Å². The molecular formula is CH11BCuFeSiV. The molecule has 5 heteroatoms. The van der Waals surface area contributed by atoms with E-state index in [4.69, 9.17) is 0 Å². The number of hydrogen-bond acceptors (Lipinski definition) is 0. The Morgan fingerprint density at radius 1 is 1.00 bits per heavy atom. The van der Waals surface area contributed by atoms with Gasteiger partial charge in [0.1, 0.15) is 0 Å². The molecule has 0 unspecified atom stereocenters. The Kier molecular flexibility index (Phi) is 1150. The van der Waals surface area contributed by atoms with Gasteiger partial charge in [0.25, 0.3) is 0 Å². The van der Waals surface area contributed by atoms with Crippen molar-refractivity contribution in [2.45, 2.75) is 7.43 Å². The van der Waals surface area contributed by atoms with E-state index in [9.17, 15) is 0 Å². The molecule has 0 aromatic heterocycles. The van der Waals surface area contributed by atoms with Crippen LogP contribution in [0.5, 0.6) is 0 Å². The van der Waals surface area contributed by atoms with E-state index in [1.807, 2.05) is 0 Å². The molecule has 0 N–H and O–H groups in total. The molecule has 0 rings (SSSR count). The summed E-state index contributed by atoms with van der Waals surface area (Å²) in [5, 5.41) is 0. The molecule has 0 saturated carbocycles. The van der Waals surface area contributed by atoms with Crippen molar-refractivity contribution in [1.29, 1.82) is 0 Å². The van der Waals surface area contributed by atoms with Crippen molar-refractivity contribution in [3.05, 3.63) is 0 Å². The summed E-state index contributed by atoms with van der Waals surface area (Å²) in [5.74, 6) is 0. The Balaban J connectivity index is 0. The van der Waals surface area contributed by atoms with Crippen LogP contribution in [0.15, 0.2) is 0 Å². The van der Waals surface area contributed by atoms with E-state index in [1.54, 1.807) is 0 Å². The molecule has 6 heavy (non-hydrogen) atoms. The third-order valence-corrected chi connectivity index (χ3v) is 0.